The number of hydrogen-bond acceptors (Lipinski definition) is 4. The van der Waals surface area contributed by atoms with Crippen molar-refractivity contribution in [2.45, 2.75) is 13.3 Å². The normalized spacial score (nSPS) is 11.8. The SMILES string of the molecule is C=N/C(C)=C\Cc1ccc(-n2nnc3ccccc32)cn1. The zero-order valence-electron chi connectivity index (χ0n) is 11.8. The maximum Gasteiger partial charge on any atom is 0.113 e. The van der Waals surface area contributed by atoms with Crippen molar-refractivity contribution >= 4 is 17.8 Å². The second kappa shape index (κ2) is 5.66. The largest absolute Gasteiger partial charge is 0.270 e. The molecular formula is C16H15N5. The number of aromatic nitrogens is 4. The third kappa shape index (κ3) is 2.72. The first-order chi connectivity index (χ1) is 10.3. The maximum atomic E-state index is 4.45. The van der Waals surface area contributed by atoms with Gasteiger partial charge in [0, 0.05) is 17.8 Å². The van der Waals surface area contributed by atoms with Gasteiger partial charge in [0.05, 0.1) is 17.4 Å². The maximum absolute atomic E-state index is 4.45. The number of rotatable bonds is 4. The van der Waals surface area contributed by atoms with Crippen molar-refractivity contribution < 1.29 is 0 Å². The monoisotopic (exact) mass is 277 g/mol. The van der Waals surface area contributed by atoms with E-state index < -0.39 is 0 Å². The minimum absolute atomic E-state index is 0.739. The number of pyridine rings is 1. The van der Waals surface area contributed by atoms with Crippen LogP contribution in [0, 0.1) is 0 Å². The molecule has 3 aromatic rings. The van der Waals surface area contributed by atoms with Crippen molar-refractivity contribution in [2.75, 3.05) is 0 Å². The topological polar surface area (TPSA) is 56.0 Å². The predicted octanol–water partition coefficient (Wildman–Crippen LogP) is 2.96. The van der Waals surface area contributed by atoms with E-state index in [0.29, 0.717) is 0 Å². The van der Waals surface area contributed by atoms with Crippen LogP contribution in [0.5, 0.6) is 0 Å². The minimum atomic E-state index is 0.739. The number of para-hydroxylation sites is 1. The second-order valence-corrected chi connectivity index (χ2v) is 4.71. The number of allylic oxidation sites excluding steroid dienone is 2. The molecule has 0 amide bonds. The highest BCUT2D eigenvalue weighted by molar-refractivity contribution is 5.75. The van der Waals surface area contributed by atoms with Gasteiger partial charge in [0.25, 0.3) is 0 Å². The first-order valence-corrected chi connectivity index (χ1v) is 6.67. The molecule has 0 atom stereocenters. The zero-order valence-corrected chi connectivity index (χ0v) is 11.8. The van der Waals surface area contributed by atoms with Gasteiger partial charge in [-0.05, 0) is 37.9 Å². The van der Waals surface area contributed by atoms with Crippen molar-refractivity contribution in [2.24, 2.45) is 4.99 Å². The summed E-state index contributed by atoms with van der Waals surface area (Å²) in [5, 5.41) is 8.32. The van der Waals surface area contributed by atoms with Crippen LogP contribution in [0.15, 0.2) is 59.4 Å². The Morgan fingerprint density at radius 2 is 2.14 bits per heavy atom. The molecule has 1 aromatic carbocycles. The van der Waals surface area contributed by atoms with Crippen molar-refractivity contribution in [1.82, 2.24) is 20.0 Å². The van der Waals surface area contributed by atoms with E-state index in [9.17, 15) is 0 Å². The minimum Gasteiger partial charge on any atom is -0.270 e. The third-order valence-corrected chi connectivity index (χ3v) is 3.26. The average Bonchev–Trinajstić information content (AvgIpc) is 2.97. The summed E-state index contributed by atoms with van der Waals surface area (Å²) in [5.41, 5.74) is 4.63. The molecule has 5 heteroatoms. The zero-order chi connectivity index (χ0) is 14.7. The molecular weight excluding hydrogens is 262 g/mol. The predicted molar refractivity (Wildman–Crippen MR) is 83.7 cm³/mol. The van der Waals surface area contributed by atoms with Crippen LogP contribution in [0.4, 0.5) is 0 Å². The van der Waals surface area contributed by atoms with E-state index in [1.54, 1.807) is 10.9 Å². The molecule has 0 N–H and O–H groups in total. The Balaban J connectivity index is 1.89. The van der Waals surface area contributed by atoms with Gasteiger partial charge < -0.3 is 0 Å². The molecule has 104 valence electrons. The van der Waals surface area contributed by atoms with Crippen LogP contribution in [-0.4, -0.2) is 26.7 Å². The summed E-state index contributed by atoms with van der Waals surface area (Å²) in [7, 11) is 0. The molecule has 0 aliphatic rings. The summed E-state index contributed by atoms with van der Waals surface area (Å²) in [5.74, 6) is 0. The quantitative estimate of drug-likeness (QED) is 0.689. The summed E-state index contributed by atoms with van der Waals surface area (Å²) in [6.07, 6.45) is 4.55. The van der Waals surface area contributed by atoms with Crippen LogP contribution in [0.3, 0.4) is 0 Å². The van der Waals surface area contributed by atoms with Crippen molar-refractivity contribution in [3.63, 3.8) is 0 Å². The lowest BCUT2D eigenvalue weighted by atomic mass is 10.2. The summed E-state index contributed by atoms with van der Waals surface area (Å²) in [4.78, 5) is 8.31. The van der Waals surface area contributed by atoms with Gasteiger partial charge in [0.2, 0.25) is 0 Å². The highest BCUT2D eigenvalue weighted by Gasteiger charge is 2.05. The lowest BCUT2D eigenvalue weighted by Crippen LogP contribution is -1.98. The van der Waals surface area contributed by atoms with Crippen LogP contribution in [0.2, 0.25) is 0 Å². The van der Waals surface area contributed by atoms with Crippen LogP contribution in [-0.2, 0) is 6.42 Å². The van der Waals surface area contributed by atoms with Gasteiger partial charge in [-0.1, -0.05) is 23.4 Å². The van der Waals surface area contributed by atoms with Gasteiger partial charge in [0.15, 0.2) is 0 Å². The summed E-state index contributed by atoms with van der Waals surface area (Å²) >= 11 is 0. The molecule has 0 unspecified atom stereocenters. The second-order valence-electron chi connectivity index (χ2n) is 4.71. The molecule has 0 fully saturated rings. The van der Waals surface area contributed by atoms with Gasteiger partial charge in [0.1, 0.15) is 5.52 Å². The molecule has 0 saturated carbocycles. The van der Waals surface area contributed by atoms with Crippen LogP contribution < -0.4 is 0 Å². The van der Waals surface area contributed by atoms with Crippen LogP contribution >= 0.6 is 0 Å². The van der Waals surface area contributed by atoms with E-state index >= 15 is 0 Å². The molecule has 2 aromatic heterocycles. The molecule has 0 bridgehead atoms. The highest BCUT2D eigenvalue weighted by Crippen LogP contribution is 2.15. The number of hydrogen-bond donors (Lipinski definition) is 0. The fourth-order valence-electron chi connectivity index (χ4n) is 2.04. The molecule has 0 spiro atoms. The summed E-state index contributed by atoms with van der Waals surface area (Å²) in [6.45, 7) is 5.41. The number of fused-ring (bicyclic) bond motifs is 1. The van der Waals surface area contributed by atoms with Gasteiger partial charge in [-0.2, -0.15) is 0 Å². The van der Waals surface area contributed by atoms with E-state index in [2.05, 4.69) is 27.0 Å². The molecule has 5 nitrogen and oxygen atoms in total. The number of aliphatic imine (C=N–C) groups is 1. The first-order valence-electron chi connectivity index (χ1n) is 6.67. The molecule has 0 aliphatic heterocycles. The van der Waals surface area contributed by atoms with Gasteiger partial charge >= 0.3 is 0 Å². The lowest BCUT2D eigenvalue weighted by molar-refractivity contribution is 0.818. The van der Waals surface area contributed by atoms with E-state index in [0.717, 1.165) is 34.5 Å². The number of nitrogens with zero attached hydrogens (tertiary/aromatic N) is 5. The Morgan fingerprint density at radius 3 is 2.90 bits per heavy atom. The van der Waals surface area contributed by atoms with Crippen molar-refractivity contribution in [3.8, 4) is 5.69 Å². The molecule has 21 heavy (non-hydrogen) atoms. The van der Waals surface area contributed by atoms with Gasteiger partial charge in [-0.25, -0.2) is 4.68 Å². The standard InChI is InChI=1S/C16H15N5/c1-12(17-2)7-8-13-9-10-14(11-18-13)21-16-6-4-3-5-15(16)19-20-21/h3-7,9-11H,2,8H2,1H3/b12-7-. The first kappa shape index (κ1) is 13.2. The average molecular weight is 277 g/mol. The Labute approximate surface area is 122 Å². The highest BCUT2D eigenvalue weighted by atomic mass is 15.4. The van der Waals surface area contributed by atoms with Crippen molar-refractivity contribution in [3.05, 3.63) is 60.1 Å². The van der Waals surface area contributed by atoms with E-state index in [1.807, 2.05) is 49.4 Å². The van der Waals surface area contributed by atoms with E-state index in [4.69, 9.17) is 0 Å². The Morgan fingerprint density at radius 1 is 1.29 bits per heavy atom. The smallest absolute Gasteiger partial charge is 0.113 e. The van der Waals surface area contributed by atoms with Gasteiger partial charge in [-0.3, -0.25) is 9.98 Å². The van der Waals surface area contributed by atoms with Gasteiger partial charge in [-0.15, -0.1) is 5.10 Å². The molecule has 3 rings (SSSR count). The summed E-state index contributed by atoms with van der Waals surface area (Å²) in [6, 6.07) is 11.8. The molecule has 0 radical (unpaired) electrons. The third-order valence-electron chi connectivity index (χ3n) is 3.26. The Kier molecular flexibility index (Phi) is 3.55. The summed E-state index contributed by atoms with van der Waals surface area (Å²) < 4.78 is 1.79. The molecule has 2 heterocycles. The van der Waals surface area contributed by atoms with Crippen LogP contribution in [0.25, 0.3) is 16.7 Å². The molecule has 0 aliphatic carbocycles. The fraction of sp³-hybridized carbons (Fsp3) is 0.125. The lowest BCUT2D eigenvalue weighted by Gasteiger charge is -2.03. The fourth-order valence-corrected chi connectivity index (χ4v) is 2.04. The Hall–Kier alpha value is -2.82. The van der Waals surface area contributed by atoms with Crippen molar-refractivity contribution in [1.29, 1.82) is 0 Å². The molecule has 0 saturated heterocycles. The Bertz CT molecular complexity index is 799. The van der Waals surface area contributed by atoms with Crippen LogP contribution in [0.1, 0.15) is 12.6 Å². The van der Waals surface area contributed by atoms with E-state index in [-0.39, 0.29) is 0 Å². The number of benzene rings is 1. The van der Waals surface area contributed by atoms with E-state index in [1.165, 1.54) is 0 Å².